The van der Waals surface area contributed by atoms with Gasteiger partial charge in [-0.15, -0.1) is 0 Å². The molecule has 0 aliphatic rings. The molecule has 0 atom stereocenters. The topological polar surface area (TPSA) is 89.3 Å². The third kappa shape index (κ3) is 3.29. The van der Waals surface area contributed by atoms with Crippen LogP contribution in [0.2, 0.25) is 0 Å². The second kappa shape index (κ2) is 4.48. The van der Waals surface area contributed by atoms with Gasteiger partial charge in [-0.1, -0.05) is 0 Å². The van der Waals surface area contributed by atoms with E-state index in [1.54, 1.807) is 20.8 Å². The Bertz CT molecular complexity index is 511. The first-order valence-corrected chi connectivity index (χ1v) is 6.77. The minimum absolute atomic E-state index is 0.0538. The average Bonchev–Trinajstić information content (AvgIpc) is 2.61. The number of aryl methyl sites for hydroxylation is 1. The number of hydrogen-bond acceptors (Lipinski definition) is 4. The summed E-state index contributed by atoms with van der Waals surface area (Å²) in [6, 6.07) is 0. The first-order chi connectivity index (χ1) is 7.63. The van der Waals surface area contributed by atoms with Gasteiger partial charge in [-0.25, -0.2) is 13.2 Å². The quantitative estimate of drug-likeness (QED) is 0.864. The van der Waals surface area contributed by atoms with Crippen LogP contribution in [0.1, 0.15) is 31.1 Å². The highest BCUT2D eigenvalue weighted by molar-refractivity contribution is 7.92. The molecule has 1 N–H and O–H groups in total. The maximum Gasteiger partial charge on any atom is 0.338 e. The van der Waals surface area contributed by atoms with E-state index in [0.29, 0.717) is 0 Å². The number of carboxylic acids is 1. The van der Waals surface area contributed by atoms with Crippen molar-refractivity contribution >= 4 is 15.8 Å². The zero-order chi connectivity index (χ0) is 13.3. The molecule has 17 heavy (non-hydrogen) atoms. The van der Waals surface area contributed by atoms with Gasteiger partial charge in [0.05, 0.1) is 28.8 Å². The predicted octanol–water partition coefficient (Wildman–Crippen LogP) is 0.795. The molecule has 0 saturated carbocycles. The minimum atomic E-state index is -3.22. The Morgan fingerprint density at radius 1 is 1.47 bits per heavy atom. The summed E-state index contributed by atoms with van der Waals surface area (Å²) in [5.74, 6) is -1.13. The van der Waals surface area contributed by atoms with Crippen molar-refractivity contribution in [1.29, 1.82) is 0 Å². The Morgan fingerprint density at radius 3 is 2.47 bits per heavy atom. The molecule has 0 aliphatic heterocycles. The summed E-state index contributed by atoms with van der Waals surface area (Å²) in [6.07, 6.45) is 2.52. The molecule has 0 fully saturated rings. The zero-order valence-electron chi connectivity index (χ0n) is 10.0. The summed E-state index contributed by atoms with van der Waals surface area (Å²) >= 11 is 0. The number of aromatic nitrogens is 2. The van der Waals surface area contributed by atoms with Crippen LogP contribution in [0.25, 0.3) is 0 Å². The van der Waals surface area contributed by atoms with E-state index in [-0.39, 0.29) is 17.9 Å². The third-order valence-electron chi connectivity index (χ3n) is 2.40. The third-order valence-corrected chi connectivity index (χ3v) is 4.99. The molecule has 0 aromatic carbocycles. The number of sulfone groups is 1. The van der Waals surface area contributed by atoms with E-state index < -0.39 is 20.6 Å². The summed E-state index contributed by atoms with van der Waals surface area (Å²) in [6.45, 7) is 5.06. The largest absolute Gasteiger partial charge is 0.478 e. The molecule has 0 unspecified atom stereocenters. The van der Waals surface area contributed by atoms with Crippen molar-refractivity contribution in [3.8, 4) is 0 Å². The normalized spacial score (nSPS) is 12.6. The van der Waals surface area contributed by atoms with Crippen LogP contribution in [-0.2, 0) is 16.4 Å². The van der Waals surface area contributed by atoms with Gasteiger partial charge in [0, 0.05) is 6.20 Å². The van der Waals surface area contributed by atoms with E-state index in [1.807, 2.05) is 0 Å². The fourth-order valence-corrected chi connectivity index (χ4v) is 2.16. The van der Waals surface area contributed by atoms with Crippen molar-refractivity contribution in [2.75, 3.05) is 5.75 Å². The lowest BCUT2D eigenvalue weighted by molar-refractivity contribution is 0.0697. The average molecular weight is 260 g/mol. The number of carbonyl (C=O) groups is 1. The molecular formula is C10H16N2O4S. The molecule has 1 aromatic heterocycles. The Balaban J connectivity index is 2.71. The van der Waals surface area contributed by atoms with Crippen molar-refractivity contribution in [1.82, 2.24) is 9.78 Å². The molecule has 6 nitrogen and oxygen atoms in total. The van der Waals surface area contributed by atoms with E-state index in [4.69, 9.17) is 5.11 Å². The molecular weight excluding hydrogens is 244 g/mol. The second-order valence-electron chi connectivity index (χ2n) is 4.73. The highest BCUT2D eigenvalue weighted by Crippen LogP contribution is 2.16. The first kappa shape index (κ1) is 13.7. The fraction of sp³-hybridized carbons (Fsp3) is 0.600. The Labute approximate surface area is 100 Å². The number of nitrogens with zero attached hydrogens (tertiary/aromatic N) is 2. The van der Waals surface area contributed by atoms with Crippen LogP contribution in [0.3, 0.4) is 0 Å². The molecule has 0 amide bonds. The molecule has 0 saturated heterocycles. The molecule has 0 aliphatic carbocycles. The summed E-state index contributed by atoms with van der Waals surface area (Å²) in [5.41, 5.74) is 0.0538. The monoisotopic (exact) mass is 260 g/mol. The van der Waals surface area contributed by atoms with Crippen LogP contribution < -0.4 is 0 Å². The van der Waals surface area contributed by atoms with E-state index in [0.717, 1.165) is 0 Å². The number of hydrogen-bond donors (Lipinski definition) is 1. The predicted molar refractivity (Wildman–Crippen MR) is 62.7 cm³/mol. The van der Waals surface area contributed by atoms with Gasteiger partial charge in [0.2, 0.25) is 0 Å². The maximum atomic E-state index is 11.8. The lowest BCUT2D eigenvalue weighted by Crippen LogP contribution is -2.32. The Hall–Kier alpha value is -1.37. The van der Waals surface area contributed by atoms with E-state index >= 15 is 0 Å². The van der Waals surface area contributed by atoms with Crippen molar-refractivity contribution < 1.29 is 18.3 Å². The fourth-order valence-electron chi connectivity index (χ4n) is 1.12. The van der Waals surface area contributed by atoms with E-state index in [9.17, 15) is 13.2 Å². The lowest BCUT2D eigenvalue weighted by atomic mass is 10.3. The van der Waals surface area contributed by atoms with Crippen molar-refractivity contribution in [3.05, 3.63) is 18.0 Å². The van der Waals surface area contributed by atoms with E-state index in [2.05, 4.69) is 5.10 Å². The molecule has 1 aromatic rings. The van der Waals surface area contributed by atoms with Gasteiger partial charge in [0.1, 0.15) is 0 Å². The lowest BCUT2D eigenvalue weighted by Gasteiger charge is -2.18. The van der Waals surface area contributed by atoms with Crippen LogP contribution in [0, 0.1) is 0 Å². The van der Waals surface area contributed by atoms with E-state index in [1.165, 1.54) is 17.1 Å². The standard InChI is InChI=1S/C10H16N2O4S/c1-10(2,3)17(15,16)5-4-12-7-8(6-11-12)9(13)14/h6-7H,4-5H2,1-3H3,(H,13,14). The summed E-state index contributed by atoms with van der Waals surface area (Å²) in [7, 11) is -3.22. The second-order valence-corrected chi connectivity index (χ2v) is 7.59. The Morgan fingerprint density at radius 2 is 2.06 bits per heavy atom. The van der Waals surface area contributed by atoms with Crippen molar-refractivity contribution in [2.24, 2.45) is 0 Å². The number of carboxylic acid groups (broad SMARTS) is 1. The van der Waals surface area contributed by atoms with Crippen molar-refractivity contribution in [3.63, 3.8) is 0 Å². The van der Waals surface area contributed by atoms with Crippen LogP contribution in [0.4, 0.5) is 0 Å². The summed E-state index contributed by atoms with van der Waals surface area (Å²) < 4.78 is 24.1. The number of rotatable bonds is 4. The smallest absolute Gasteiger partial charge is 0.338 e. The maximum absolute atomic E-state index is 11.8. The first-order valence-electron chi connectivity index (χ1n) is 5.11. The van der Waals surface area contributed by atoms with Crippen LogP contribution >= 0.6 is 0 Å². The van der Waals surface area contributed by atoms with Crippen LogP contribution in [-0.4, -0.2) is 39.8 Å². The molecule has 96 valence electrons. The van der Waals surface area contributed by atoms with Gasteiger partial charge < -0.3 is 5.11 Å². The van der Waals surface area contributed by atoms with Crippen LogP contribution in [0.15, 0.2) is 12.4 Å². The Kier molecular flexibility index (Phi) is 3.61. The van der Waals surface area contributed by atoms with Gasteiger partial charge in [0.25, 0.3) is 0 Å². The molecule has 0 radical (unpaired) electrons. The minimum Gasteiger partial charge on any atom is -0.478 e. The van der Waals surface area contributed by atoms with Gasteiger partial charge in [0.15, 0.2) is 9.84 Å². The van der Waals surface area contributed by atoms with Gasteiger partial charge in [-0.3, -0.25) is 4.68 Å². The highest BCUT2D eigenvalue weighted by Gasteiger charge is 2.28. The molecule has 0 spiro atoms. The summed E-state index contributed by atoms with van der Waals surface area (Å²) in [4.78, 5) is 10.6. The molecule has 0 bridgehead atoms. The molecule has 1 rings (SSSR count). The van der Waals surface area contributed by atoms with Crippen molar-refractivity contribution in [2.45, 2.75) is 32.1 Å². The van der Waals surface area contributed by atoms with Crippen LogP contribution in [0.5, 0.6) is 0 Å². The van der Waals surface area contributed by atoms with Gasteiger partial charge >= 0.3 is 5.97 Å². The van der Waals surface area contributed by atoms with Gasteiger partial charge in [-0.2, -0.15) is 5.10 Å². The molecule has 7 heteroatoms. The summed E-state index contributed by atoms with van der Waals surface area (Å²) in [5, 5.41) is 12.5. The van der Waals surface area contributed by atoms with Gasteiger partial charge in [-0.05, 0) is 20.8 Å². The SMILES string of the molecule is CC(C)(C)S(=O)(=O)CCn1cc(C(=O)O)cn1. The molecule has 1 heterocycles. The zero-order valence-corrected chi connectivity index (χ0v) is 10.9. The number of aromatic carboxylic acids is 1. The highest BCUT2D eigenvalue weighted by atomic mass is 32.2.